The molecule has 0 amide bonds. The minimum atomic E-state index is -1.79. The molecule has 1 aliphatic heterocycles. The summed E-state index contributed by atoms with van der Waals surface area (Å²) in [4.78, 5) is 35.0. The zero-order valence-corrected chi connectivity index (χ0v) is 18.9. The Hall–Kier alpha value is -4.17. The predicted octanol–water partition coefficient (Wildman–Crippen LogP) is 0.0755. The molecule has 0 saturated carbocycles. The molecule has 0 aliphatic carbocycles. The van der Waals surface area contributed by atoms with Crippen molar-refractivity contribution < 1.29 is 58.9 Å². The second-order valence-corrected chi connectivity index (χ2v) is 8.23. The fourth-order valence-electron chi connectivity index (χ4n) is 3.75. The van der Waals surface area contributed by atoms with E-state index < -0.39 is 66.9 Å². The lowest BCUT2D eigenvalue weighted by atomic mass is 9.99. The lowest BCUT2D eigenvalue weighted by Crippen LogP contribution is -2.60. The number of hydrogen-bond acceptors (Lipinski definition) is 12. The van der Waals surface area contributed by atoms with Crippen molar-refractivity contribution in [3.8, 4) is 28.4 Å². The van der Waals surface area contributed by atoms with E-state index in [1.54, 1.807) is 0 Å². The van der Waals surface area contributed by atoms with Gasteiger partial charge in [-0.2, -0.15) is 0 Å². The Morgan fingerprint density at radius 2 is 1.68 bits per heavy atom. The summed E-state index contributed by atoms with van der Waals surface area (Å²) in [6.07, 6.45) is -8.04. The molecule has 1 fully saturated rings. The van der Waals surface area contributed by atoms with Crippen molar-refractivity contribution in [2.75, 3.05) is 6.61 Å². The number of fused-ring (bicyclic) bond motifs is 1. The van der Waals surface area contributed by atoms with Gasteiger partial charge in [-0.3, -0.25) is 14.4 Å². The molecule has 0 radical (unpaired) electrons. The summed E-state index contributed by atoms with van der Waals surface area (Å²) in [6.45, 7) is -0.644. The summed E-state index contributed by atoms with van der Waals surface area (Å²) >= 11 is 0. The zero-order chi connectivity index (χ0) is 26.9. The van der Waals surface area contributed by atoms with Crippen LogP contribution in [0.5, 0.6) is 17.2 Å². The summed E-state index contributed by atoms with van der Waals surface area (Å²) < 4.78 is 21.2. The fourth-order valence-corrected chi connectivity index (χ4v) is 3.75. The summed E-state index contributed by atoms with van der Waals surface area (Å²) in [5, 5.41) is 59.0. The molecule has 0 spiro atoms. The normalized spacial score (nSPS) is 23.5. The first-order chi connectivity index (χ1) is 17.5. The highest BCUT2D eigenvalue weighted by atomic mass is 16.7. The topological polar surface area (TPSA) is 213 Å². The highest BCUT2D eigenvalue weighted by molar-refractivity contribution is 5.90. The number of ether oxygens (including phenoxy) is 3. The molecule has 6 N–H and O–H groups in total. The van der Waals surface area contributed by atoms with Gasteiger partial charge in [0.2, 0.25) is 11.7 Å². The Balaban J connectivity index is 1.56. The molecule has 2 heterocycles. The number of benzene rings is 2. The van der Waals surface area contributed by atoms with E-state index in [4.69, 9.17) is 23.7 Å². The van der Waals surface area contributed by atoms with Crippen molar-refractivity contribution in [3.05, 3.63) is 52.9 Å². The first kappa shape index (κ1) is 25.9. The molecule has 1 aliphatic rings. The van der Waals surface area contributed by atoms with Crippen LogP contribution >= 0.6 is 0 Å². The Kier molecular flexibility index (Phi) is 7.31. The van der Waals surface area contributed by atoms with E-state index in [0.717, 1.165) is 12.3 Å². The molecule has 13 heteroatoms. The summed E-state index contributed by atoms with van der Waals surface area (Å²) in [6, 6.07) is 8.05. The number of rotatable bonds is 7. The second-order valence-electron chi connectivity index (χ2n) is 8.23. The van der Waals surface area contributed by atoms with Crippen LogP contribution in [0, 0.1) is 0 Å². The number of aliphatic carboxylic acids is 1. The van der Waals surface area contributed by atoms with Gasteiger partial charge in [0, 0.05) is 12.1 Å². The van der Waals surface area contributed by atoms with Crippen LogP contribution in [0.3, 0.4) is 0 Å². The SMILES string of the molecule is O=C(O)CC(=O)OC[C@@H]1O[C@@H](Oc2cc(O)c3c(=O)c(-c4ccc(O)cc4)coc3c2)[C@@H](O)[C@@H](O)[C@@H]1O. The molecule has 3 aromatic rings. The van der Waals surface area contributed by atoms with Gasteiger partial charge >= 0.3 is 11.9 Å². The summed E-state index contributed by atoms with van der Waals surface area (Å²) in [5.41, 5.74) is -0.0752. The van der Waals surface area contributed by atoms with E-state index >= 15 is 0 Å². The van der Waals surface area contributed by atoms with Crippen LogP contribution in [-0.4, -0.2) is 79.9 Å². The van der Waals surface area contributed by atoms with Crippen molar-refractivity contribution >= 4 is 22.9 Å². The van der Waals surface area contributed by atoms with Crippen LogP contribution in [0.1, 0.15) is 6.42 Å². The van der Waals surface area contributed by atoms with Gasteiger partial charge in [0.15, 0.2) is 0 Å². The van der Waals surface area contributed by atoms with Gasteiger partial charge in [-0.05, 0) is 17.7 Å². The fraction of sp³-hybridized carbons (Fsp3) is 0.292. The van der Waals surface area contributed by atoms with Crippen LogP contribution in [0.25, 0.3) is 22.1 Å². The molecule has 1 saturated heterocycles. The molecule has 196 valence electrons. The smallest absolute Gasteiger partial charge is 0.317 e. The minimum Gasteiger partial charge on any atom is -0.508 e. The molecular weight excluding hydrogens is 496 g/mol. The minimum absolute atomic E-state index is 0.00369. The molecule has 1 aromatic heterocycles. The van der Waals surface area contributed by atoms with Crippen molar-refractivity contribution in [2.24, 2.45) is 0 Å². The average Bonchev–Trinajstić information content (AvgIpc) is 2.84. The highest BCUT2D eigenvalue weighted by Gasteiger charge is 2.45. The molecule has 2 aromatic carbocycles. The van der Waals surface area contributed by atoms with Crippen LogP contribution in [-0.2, 0) is 19.1 Å². The van der Waals surface area contributed by atoms with Gasteiger partial charge < -0.3 is 49.3 Å². The van der Waals surface area contributed by atoms with E-state index in [1.807, 2.05) is 0 Å². The van der Waals surface area contributed by atoms with Gasteiger partial charge in [-0.1, -0.05) is 12.1 Å². The van der Waals surface area contributed by atoms with Crippen molar-refractivity contribution in [3.63, 3.8) is 0 Å². The van der Waals surface area contributed by atoms with Gasteiger partial charge in [-0.15, -0.1) is 0 Å². The van der Waals surface area contributed by atoms with E-state index in [1.165, 1.54) is 30.3 Å². The lowest BCUT2D eigenvalue weighted by Gasteiger charge is -2.39. The van der Waals surface area contributed by atoms with Gasteiger partial charge in [0.05, 0.1) is 5.56 Å². The molecule has 5 atom stereocenters. The first-order valence-electron chi connectivity index (χ1n) is 10.9. The van der Waals surface area contributed by atoms with Crippen molar-refractivity contribution in [2.45, 2.75) is 37.1 Å². The van der Waals surface area contributed by atoms with Crippen molar-refractivity contribution in [1.29, 1.82) is 0 Å². The maximum atomic E-state index is 13.0. The summed E-state index contributed by atoms with van der Waals surface area (Å²) in [5.74, 6) is -3.19. The number of carbonyl (C=O) groups is 2. The first-order valence-corrected chi connectivity index (χ1v) is 10.9. The number of carboxylic acids is 1. The third kappa shape index (κ3) is 5.49. The number of aliphatic hydroxyl groups excluding tert-OH is 3. The van der Waals surface area contributed by atoms with Crippen LogP contribution in [0.15, 0.2) is 51.9 Å². The zero-order valence-electron chi connectivity index (χ0n) is 18.9. The van der Waals surface area contributed by atoms with Crippen LogP contribution in [0.4, 0.5) is 0 Å². The number of esters is 1. The molecule has 0 unspecified atom stereocenters. The second kappa shape index (κ2) is 10.4. The number of carbonyl (C=O) groups excluding carboxylic acids is 1. The quantitative estimate of drug-likeness (QED) is 0.181. The number of aromatic hydroxyl groups is 2. The summed E-state index contributed by atoms with van der Waals surface area (Å²) in [7, 11) is 0. The van der Waals surface area contributed by atoms with E-state index in [0.29, 0.717) is 5.56 Å². The standard InChI is InChI=1S/C24H22O13/c25-11-3-1-10(2-4-11)13-8-34-15-6-12(5-14(26)19(15)20(13)30)36-24-23(33)22(32)21(31)16(37-24)9-35-18(29)7-17(27)28/h1-6,8,16,21-26,31-33H,7,9H2,(H,27,28)/t16-,21+,22-,23-,24+/m0/s1. The third-order valence-electron chi connectivity index (χ3n) is 5.63. The lowest BCUT2D eigenvalue weighted by molar-refractivity contribution is -0.278. The highest BCUT2D eigenvalue weighted by Crippen LogP contribution is 2.33. The average molecular weight is 518 g/mol. The number of aliphatic hydroxyl groups is 3. The van der Waals surface area contributed by atoms with E-state index in [2.05, 4.69) is 0 Å². The number of hydrogen-bond donors (Lipinski definition) is 6. The molecule has 37 heavy (non-hydrogen) atoms. The third-order valence-corrected chi connectivity index (χ3v) is 5.63. The van der Waals surface area contributed by atoms with Gasteiger partial charge in [0.1, 0.15) is 71.9 Å². The van der Waals surface area contributed by atoms with E-state index in [-0.39, 0.29) is 28.0 Å². The maximum absolute atomic E-state index is 13.0. The number of phenols is 2. The Morgan fingerprint density at radius 3 is 2.35 bits per heavy atom. The number of carboxylic acid groups (broad SMARTS) is 1. The Bertz CT molecular complexity index is 1360. The van der Waals surface area contributed by atoms with Gasteiger partial charge in [0.25, 0.3) is 0 Å². The van der Waals surface area contributed by atoms with Crippen LogP contribution < -0.4 is 10.2 Å². The Labute approximate surface area is 207 Å². The van der Waals surface area contributed by atoms with Gasteiger partial charge in [-0.25, -0.2) is 0 Å². The van der Waals surface area contributed by atoms with E-state index in [9.17, 15) is 39.9 Å². The largest absolute Gasteiger partial charge is 0.508 e. The molecule has 4 rings (SSSR count). The number of phenolic OH excluding ortho intramolecular Hbond substituents is 2. The maximum Gasteiger partial charge on any atom is 0.317 e. The molecular formula is C24H22O13. The van der Waals surface area contributed by atoms with Crippen molar-refractivity contribution in [1.82, 2.24) is 0 Å². The Morgan fingerprint density at radius 1 is 0.973 bits per heavy atom. The monoisotopic (exact) mass is 518 g/mol. The molecule has 13 nitrogen and oxygen atoms in total. The van der Waals surface area contributed by atoms with Crippen LogP contribution in [0.2, 0.25) is 0 Å². The predicted molar refractivity (Wildman–Crippen MR) is 122 cm³/mol. The molecule has 0 bridgehead atoms.